The molecule has 0 spiro atoms. The Kier molecular flexibility index (Phi) is 10.7. The van der Waals surface area contributed by atoms with Crippen molar-refractivity contribution in [1.82, 2.24) is 0 Å². The first-order valence-corrected chi connectivity index (χ1v) is 16.3. The number of nitrogens with zero attached hydrogens (tertiary/aromatic N) is 4. The molecule has 13 nitrogen and oxygen atoms in total. The smallest absolute Gasteiger partial charge is 0.295 e. The number of azo groups is 2. The summed E-state index contributed by atoms with van der Waals surface area (Å²) in [5.74, 6) is -0.265. The molecule has 0 aliphatic rings. The van der Waals surface area contributed by atoms with E-state index in [2.05, 4.69) is 25.8 Å². The fourth-order valence-electron chi connectivity index (χ4n) is 4.43. The van der Waals surface area contributed by atoms with Gasteiger partial charge in [-0.3, -0.25) is 13.9 Å². The first-order chi connectivity index (χ1) is 21.7. The van der Waals surface area contributed by atoms with Gasteiger partial charge in [0.1, 0.15) is 4.90 Å². The summed E-state index contributed by atoms with van der Waals surface area (Å²) in [5.41, 5.74) is 10.7. The largest absolute Gasteiger partial charge is 0.399 e. The number of anilines is 2. The van der Waals surface area contributed by atoms with E-state index < -0.39 is 30.0 Å². The van der Waals surface area contributed by atoms with Crippen LogP contribution >= 0.6 is 0 Å². The first kappa shape index (κ1) is 35.5. The Labute approximate surface area is 292 Å². The van der Waals surface area contributed by atoms with E-state index in [0.29, 0.717) is 40.1 Å². The summed E-state index contributed by atoms with van der Waals surface area (Å²) >= 11 is 0. The predicted octanol–water partition coefficient (Wildman–Crippen LogP) is 7.23. The fraction of sp³-hybridized carbons (Fsp3) is 0.0645. The maximum absolute atomic E-state index is 12.5. The van der Waals surface area contributed by atoms with Crippen LogP contribution in [0, 0.1) is 13.8 Å². The van der Waals surface area contributed by atoms with Gasteiger partial charge in [-0.05, 0) is 115 Å². The Morgan fingerprint density at radius 1 is 0.681 bits per heavy atom. The Morgan fingerprint density at radius 3 is 1.83 bits per heavy atom. The minimum absolute atomic E-state index is 0. The number of fused-ring (bicyclic) bond motifs is 1. The third-order valence-electron chi connectivity index (χ3n) is 6.80. The number of aryl methyl sites for hydroxylation is 2. The SMILES string of the molecule is Cc1cc(N=Nc2ccc(NC(=O)c3ccc(N)cc3)cc2C)ccc1N=Nc1ccc2cc(S(=O)(=O)O)cc(S(=O)(=O)O)c2c1.[Na]. The zero-order chi connectivity index (χ0) is 33.2. The zero-order valence-corrected chi connectivity index (χ0v) is 28.9. The zero-order valence-electron chi connectivity index (χ0n) is 25.3. The van der Waals surface area contributed by atoms with E-state index >= 15 is 0 Å². The molecule has 5 aromatic carbocycles. The summed E-state index contributed by atoms with van der Waals surface area (Å²) in [7, 11) is -9.57. The normalized spacial score (nSPS) is 12.0. The van der Waals surface area contributed by atoms with Gasteiger partial charge in [0, 0.05) is 51.9 Å². The van der Waals surface area contributed by atoms with E-state index in [1.54, 1.807) is 67.6 Å². The molecular formula is C31H26N6NaO7S2. The Hall–Kier alpha value is -4.35. The van der Waals surface area contributed by atoms with Crippen molar-refractivity contribution in [2.75, 3.05) is 11.1 Å². The van der Waals surface area contributed by atoms with E-state index in [9.17, 15) is 30.7 Å². The molecule has 0 bridgehead atoms. The molecule has 0 heterocycles. The van der Waals surface area contributed by atoms with Crippen LogP contribution in [0.5, 0.6) is 0 Å². The van der Waals surface area contributed by atoms with Gasteiger partial charge in [0.25, 0.3) is 26.1 Å². The topological polar surface area (TPSA) is 213 Å². The Morgan fingerprint density at radius 2 is 1.26 bits per heavy atom. The van der Waals surface area contributed by atoms with Gasteiger partial charge in [-0.15, -0.1) is 0 Å². The molecule has 5 rings (SSSR count). The van der Waals surface area contributed by atoms with Gasteiger partial charge in [-0.1, -0.05) is 6.07 Å². The van der Waals surface area contributed by atoms with Crippen LogP contribution in [-0.2, 0) is 20.2 Å². The molecule has 16 heteroatoms. The number of rotatable bonds is 8. The number of hydrogen-bond acceptors (Lipinski definition) is 10. The molecule has 0 aliphatic heterocycles. The standard InChI is InChI=1S/C31H26N6O7S2.Na/c1-18-13-23(33-31(38)20-3-6-22(32)7-4-20)9-11-28(18)36-34-24-10-12-29(19(2)14-24)37-35-25-8-5-21-15-26(45(39,40)41)17-30(27(21)16-25)46(42,43)44;/h3-17H,32H2,1-2H3,(H,33,38)(H,39,40,41)(H,42,43,44);. The number of nitrogens with one attached hydrogen (secondary N) is 1. The van der Waals surface area contributed by atoms with Crippen molar-refractivity contribution in [2.45, 2.75) is 23.6 Å². The maximum Gasteiger partial charge on any atom is 0.295 e. The predicted molar refractivity (Wildman–Crippen MR) is 179 cm³/mol. The Bertz CT molecular complexity index is 2290. The van der Waals surface area contributed by atoms with Crippen molar-refractivity contribution < 1.29 is 30.7 Å². The second kappa shape index (κ2) is 14.2. The molecule has 0 aliphatic carbocycles. The molecule has 1 amide bonds. The van der Waals surface area contributed by atoms with Crippen LogP contribution in [0.1, 0.15) is 21.5 Å². The Balaban J connectivity index is 0.00000500. The van der Waals surface area contributed by atoms with Crippen LogP contribution in [0.15, 0.2) is 121 Å². The summed E-state index contributed by atoms with van der Waals surface area (Å²) in [6.45, 7) is 3.64. The summed E-state index contributed by atoms with van der Waals surface area (Å²) in [6.07, 6.45) is 0. The molecule has 0 aromatic heterocycles. The number of amides is 1. The van der Waals surface area contributed by atoms with E-state index in [4.69, 9.17) is 5.73 Å². The number of benzene rings is 5. The number of carbonyl (C=O) groups is 1. The van der Waals surface area contributed by atoms with E-state index in [1.807, 2.05) is 6.92 Å². The number of nitrogens with two attached hydrogens (primary N) is 1. The van der Waals surface area contributed by atoms with E-state index in [-0.39, 0.29) is 51.9 Å². The van der Waals surface area contributed by atoms with Gasteiger partial charge in [0.15, 0.2) is 0 Å². The number of hydrogen-bond donors (Lipinski definition) is 4. The molecule has 0 unspecified atom stereocenters. The molecule has 0 saturated carbocycles. The van der Waals surface area contributed by atoms with Gasteiger partial charge in [-0.2, -0.15) is 37.3 Å². The van der Waals surface area contributed by atoms with Gasteiger partial charge in [0.2, 0.25) is 0 Å². The molecular weight excluding hydrogens is 656 g/mol. The molecule has 47 heavy (non-hydrogen) atoms. The number of nitrogen functional groups attached to an aromatic ring is 1. The van der Waals surface area contributed by atoms with Crippen LogP contribution in [-0.4, -0.2) is 61.4 Å². The molecule has 5 N–H and O–H groups in total. The van der Waals surface area contributed by atoms with E-state index in [0.717, 1.165) is 17.2 Å². The molecule has 0 fully saturated rings. The number of carbonyl (C=O) groups excluding carboxylic acids is 1. The van der Waals surface area contributed by atoms with Crippen LogP contribution < -0.4 is 11.1 Å². The van der Waals surface area contributed by atoms with Crippen molar-refractivity contribution in [1.29, 1.82) is 0 Å². The molecule has 1 radical (unpaired) electrons. The van der Waals surface area contributed by atoms with Gasteiger partial charge >= 0.3 is 0 Å². The average molecular weight is 682 g/mol. The van der Waals surface area contributed by atoms with Gasteiger partial charge in [-0.25, -0.2) is 0 Å². The van der Waals surface area contributed by atoms with Gasteiger partial charge in [0.05, 0.1) is 27.6 Å². The second-order valence-corrected chi connectivity index (χ2v) is 13.0. The van der Waals surface area contributed by atoms with Crippen LogP contribution in [0.4, 0.5) is 34.1 Å². The van der Waals surface area contributed by atoms with Crippen molar-refractivity contribution in [3.8, 4) is 0 Å². The maximum atomic E-state index is 12.5. The summed E-state index contributed by atoms with van der Waals surface area (Å²) in [5, 5.41) is 20.0. The quantitative estimate of drug-likeness (QED) is 0.0566. The molecule has 235 valence electrons. The summed E-state index contributed by atoms with van der Waals surface area (Å²) in [4.78, 5) is 11.1. The van der Waals surface area contributed by atoms with Crippen molar-refractivity contribution in [2.24, 2.45) is 20.5 Å². The summed E-state index contributed by atoms with van der Waals surface area (Å²) < 4.78 is 66.1. The molecule has 0 atom stereocenters. The van der Waals surface area contributed by atoms with Crippen molar-refractivity contribution >= 4 is 101 Å². The van der Waals surface area contributed by atoms with E-state index in [1.165, 1.54) is 18.2 Å². The van der Waals surface area contributed by atoms with Crippen LogP contribution in [0.3, 0.4) is 0 Å². The van der Waals surface area contributed by atoms with Gasteiger partial charge < -0.3 is 11.1 Å². The summed E-state index contributed by atoms with van der Waals surface area (Å²) in [6, 6.07) is 22.9. The van der Waals surface area contributed by atoms with Crippen molar-refractivity contribution in [3.05, 3.63) is 108 Å². The first-order valence-electron chi connectivity index (χ1n) is 13.4. The minimum atomic E-state index is -4.84. The third kappa shape index (κ3) is 8.72. The molecule has 5 aromatic rings. The average Bonchev–Trinajstić information content (AvgIpc) is 2.99. The fourth-order valence-corrected chi connectivity index (χ4v) is 5.78. The second-order valence-electron chi connectivity index (χ2n) is 10.2. The van der Waals surface area contributed by atoms with Crippen LogP contribution in [0.2, 0.25) is 0 Å². The van der Waals surface area contributed by atoms with Crippen molar-refractivity contribution in [3.63, 3.8) is 0 Å². The minimum Gasteiger partial charge on any atom is -0.399 e. The molecule has 0 saturated heterocycles. The van der Waals surface area contributed by atoms with Crippen LogP contribution in [0.25, 0.3) is 10.8 Å². The third-order valence-corrected chi connectivity index (χ3v) is 8.53. The monoisotopic (exact) mass is 681 g/mol.